The summed E-state index contributed by atoms with van der Waals surface area (Å²) in [5.41, 5.74) is 1.32. The van der Waals surface area contributed by atoms with Crippen LogP contribution in [0, 0.1) is 5.92 Å². The van der Waals surface area contributed by atoms with E-state index in [0.29, 0.717) is 24.2 Å². The zero-order valence-corrected chi connectivity index (χ0v) is 18.6. The Morgan fingerprint density at radius 1 is 1.32 bits per heavy atom. The summed E-state index contributed by atoms with van der Waals surface area (Å²) < 4.78 is 7.22. The molecule has 6 nitrogen and oxygen atoms in total. The van der Waals surface area contributed by atoms with Crippen LogP contribution in [0.3, 0.4) is 0 Å². The van der Waals surface area contributed by atoms with Crippen LogP contribution in [0.25, 0.3) is 10.2 Å². The van der Waals surface area contributed by atoms with Crippen molar-refractivity contribution >= 4 is 33.3 Å². The number of hydrogen-bond acceptors (Lipinski definition) is 7. The molecule has 1 aliphatic carbocycles. The topological polar surface area (TPSA) is 73.8 Å². The van der Waals surface area contributed by atoms with Crippen LogP contribution in [0.15, 0.2) is 14.5 Å². The fraction of sp³-hybridized carbons (Fsp3) is 0.600. The summed E-state index contributed by atoms with van der Waals surface area (Å²) >= 11 is 3.20. The molecule has 0 N–H and O–H groups in total. The van der Waals surface area contributed by atoms with Crippen molar-refractivity contribution in [3.63, 3.8) is 0 Å². The number of fused-ring (bicyclic) bond motifs is 3. The van der Waals surface area contributed by atoms with Gasteiger partial charge in [-0.05, 0) is 44.6 Å². The summed E-state index contributed by atoms with van der Waals surface area (Å²) in [6.45, 7) is 11.0. The normalized spacial score (nSPS) is 18.0. The fourth-order valence-electron chi connectivity index (χ4n) is 3.63. The molecule has 0 radical (unpaired) electrons. The highest BCUT2D eigenvalue weighted by Gasteiger charge is 2.26. The van der Waals surface area contributed by atoms with E-state index in [0.717, 1.165) is 34.6 Å². The third-order valence-corrected chi connectivity index (χ3v) is 7.53. The largest absolute Gasteiger partial charge is 0.338 e. The first-order valence-electron chi connectivity index (χ1n) is 9.94. The lowest BCUT2D eigenvalue weighted by Gasteiger charge is -2.17. The summed E-state index contributed by atoms with van der Waals surface area (Å²) in [6.07, 6.45) is 3.19. The molecule has 28 heavy (non-hydrogen) atoms. The maximum atomic E-state index is 13.3. The maximum Gasteiger partial charge on any atom is 0.263 e. The summed E-state index contributed by atoms with van der Waals surface area (Å²) in [4.78, 5) is 24.9. The van der Waals surface area contributed by atoms with Gasteiger partial charge in [0, 0.05) is 17.3 Å². The molecule has 3 aromatic heterocycles. The molecule has 0 saturated carbocycles. The molecule has 0 bridgehead atoms. The highest BCUT2D eigenvalue weighted by molar-refractivity contribution is 7.99. The lowest BCUT2D eigenvalue weighted by molar-refractivity contribution is 0.372. The van der Waals surface area contributed by atoms with Crippen molar-refractivity contribution in [1.29, 1.82) is 0 Å². The zero-order valence-electron chi connectivity index (χ0n) is 17.0. The number of thioether (sulfide) groups is 1. The standard InChI is InChI=1S/C20H26N4O2S2/c1-6-24-19(25)15-13-8-7-11(4)9-14(13)28-18(15)22-20(24)27-12(5)17-21-16(10(2)3)23-26-17/h10-12H,6-9H2,1-5H3/t11-,12+/m1/s1. The highest BCUT2D eigenvalue weighted by Crippen LogP contribution is 2.38. The molecular formula is C20H26N4O2S2. The third-order valence-electron chi connectivity index (χ3n) is 5.30. The Labute approximate surface area is 172 Å². The maximum absolute atomic E-state index is 13.3. The first-order valence-corrected chi connectivity index (χ1v) is 11.6. The van der Waals surface area contributed by atoms with E-state index in [-0.39, 0.29) is 16.7 Å². The molecule has 8 heteroatoms. The Hall–Kier alpha value is -1.67. The van der Waals surface area contributed by atoms with Crippen molar-refractivity contribution in [3.05, 3.63) is 32.5 Å². The number of aromatic nitrogens is 4. The van der Waals surface area contributed by atoms with Gasteiger partial charge in [-0.2, -0.15) is 4.98 Å². The van der Waals surface area contributed by atoms with Crippen molar-refractivity contribution in [2.75, 3.05) is 0 Å². The predicted molar refractivity (Wildman–Crippen MR) is 113 cm³/mol. The fourth-order valence-corrected chi connectivity index (χ4v) is 6.06. The van der Waals surface area contributed by atoms with Gasteiger partial charge in [-0.25, -0.2) is 4.98 Å². The van der Waals surface area contributed by atoms with Crippen LogP contribution < -0.4 is 5.56 Å². The molecule has 0 saturated heterocycles. The lowest BCUT2D eigenvalue weighted by Crippen LogP contribution is -2.23. The van der Waals surface area contributed by atoms with Crippen LogP contribution in [0.4, 0.5) is 0 Å². The van der Waals surface area contributed by atoms with E-state index in [1.807, 2.05) is 27.7 Å². The first-order chi connectivity index (χ1) is 13.4. The molecule has 2 atom stereocenters. The van der Waals surface area contributed by atoms with Gasteiger partial charge in [0.25, 0.3) is 5.56 Å². The van der Waals surface area contributed by atoms with Gasteiger partial charge in [-0.1, -0.05) is 37.7 Å². The molecule has 4 rings (SSSR count). The molecule has 1 aliphatic rings. The predicted octanol–water partition coefficient (Wildman–Crippen LogP) is 4.96. The Balaban J connectivity index is 1.73. The highest BCUT2D eigenvalue weighted by atomic mass is 32.2. The van der Waals surface area contributed by atoms with E-state index < -0.39 is 0 Å². The van der Waals surface area contributed by atoms with Crippen molar-refractivity contribution in [2.24, 2.45) is 5.92 Å². The number of nitrogens with zero attached hydrogens (tertiary/aromatic N) is 4. The van der Waals surface area contributed by atoms with E-state index in [1.54, 1.807) is 15.9 Å². The van der Waals surface area contributed by atoms with Crippen LogP contribution in [0.1, 0.15) is 74.4 Å². The monoisotopic (exact) mass is 418 g/mol. The molecule has 3 heterocycles. The summed E-state index contributed by atoms with van der Waals surface area (Å²) in [7, 11) is 0. The average Bonchev–Trinajstić information content (AvgIpc) is 3.26. The van der Waals surface area contributed by atoms with Gasteiger partial charge in [0.1, 0.15) is 4.83 Å². The van der Waals surface area contributed by atoms with Crippen molar-refractivity contribution < 1.29 is 4.52 Å². The van der Waals surface area contributed by atoms with Gasteiger partial charge in [0.2, 0.25) is 5.89 Å². The molecular weight excluding hydrogens is 392 g/mol. The second-order valence-corrected chi connectivity index (χ2v) is 10.3. The molecule has 0 spiro atoms. The molecule has 0 amide bonds. The summed E-state index contributed by atoms with van der Waals surface area (Å²) in [6, 6.07) is 0. The van der Waals surface area contributed by atoms with Crippen LogP contribution in [0.2, 0.25) is 0 Å². The van der Waals surface area contributed by atoms with E-state index in [1.165, 1.54) is 22.2 Å². The molecule has 3 aromatic rings. The van der Waals surface area contributed by atoms with E-state index in [4.69, 9.17) is 9.51 Å². The molecule has 0 fully saturated rings. The van der Waals surface area contributed by atoms with E-state index in [9.17, 15) is 4.79 Å². The van der Waals surface area contributed by atoms with Crippen LogP contribution >= 0.6 is 23.1 Å². The van der Waals surface area contributed by atoms with Gasteiger partial charge < -0.3 is 4.52 Å². The molecule has 0 aromatic carbocycles. The third kappa shape index (κ3) is 3.41. The minimum absolute atomic E-state index is 0.0724. The SMILES string of the molecule is CCn1c(S[C@@H](C)c2nc(C(C)C)no2)nc2sc3c(c2c1=O)CC[C@@H](C)C3. The van der Waals surface area contributed by atoms with Crippen LogP contribution in [-0.4, -0.2) is 19.7 Å². The van der Waals surface area contributed by atoms with Gasteiger partial charge in [-0.3, -0.25) is 9.36 Å². The number of rotatable bonds is 5. The van der Waals surface area contributed by atoms with Gasteiger partial charge in [0.15, 0.2) is 11.0 Å². The quantitative estimate of drug-likeness (QED) is 0.430. The van der Waals surface area contributed by atoms with Gasteiger partial charge in [-0.15, -0.1) is 11.3 Å². The number of aryl methyl sites for hydroxylation is 1. The zero-order chi connectivity index (χ0) is 20.0. The minimum atomic E-state index is -0.0724. The Kier molecular flexibility index (Phi) is 5.35. The molecule has 0 unspecified atom stereocenters. The minimum Gasteiger partial charge on any atom is -0.338 e. The van der Waals surface area contributed by atoms with Crippen molar-refractivity contribution in [2.45, 2.75) is 76.8 Å². The van der Waals surface area contributed by atoms with Crippen LogP contribution in [-0.2, 0) is 19.4 Å². The van der Waals surface area contributed by atoms with E-state index in [2.05, 4.69) is 17.1 Å². The number of hydrogen-bond donors (Lipinski definition) is 0. The van der Waals surface area contributed by atoms with Gasteiger partial charge >= 0.3 is 0 Å². The number of thiophene rings is 1. The summed E-state index contributed by atoms with van der Waals surface area (Å²) in [5, 5.41) is 5.54. The Morgan fingerprint density at radius 3 is 2.79 bits per heavy atom. The smallest absolute Gasteiger partial charge is 0.263 e. The molecule has 150 valence electrons. The van der Waals surface area contributed by atoms with Crippen molar-refractivity contribution in [3.8, 4) is 0 Å². The Bertz CT molecular complexity index is 1070. The van der Waals surface area contributed by atoms with Crippen molar-refractivity contribution in [1.82, 2.24) is 19.7 Å². The van der Waals surface area contributed by atoms with E-state index >= 15 is 0 Å². The second-order valence-electron chi connectivity index (χ2n) is 7.88. The second kappa shape index (κ2) is 7.63. The first kappa shape index (κ1) is 19.6. The lowest BCUT2D eigenvalue weighted by atomic mass is 9.89. The average molecular weight is 419 g/mol. The summed E-state index contributed by atoms with van der Waals surface area (Å²) in [5.74, 6) is 2.18. The van der Waals surface area contributed by atoms with Gasteiger partial charge in [0.05, 0.1) is 10.6 Å². The Morgan fingerprint density at radius 2 is 2.11 bits per heavy atom. The molecule has 0 aliphatic heterocycles. The van der Waals surface area contributed by atoms with Crippen LogP contribution in [0.5, 0.6) is 0 Å².